The van der Waals surface area contributed by atoms with E-state index in [1.807, 2.05) is 0 Å². The second kappa shape index (κ2) is 4.51. The first-order chi connectivity index (χ1) is 6.33. The average Bonchev–Trinajstić information content (AvgIpc) is 1.76. The highest BCUT2D eigenvalue weighted by atomic mass is 28.4. The Morgan fingerprint density at radius 3 is 1.73 bits per heavy atom. The maximum Gasteiger partial charge on any atom is 0.118 e. The van der Waals surface area contributed by atoms with Crippen molar-refractivity contribution in [3.05, 3.63) is 0 Å². The van der Waals surface area contributed by atoms with E-state index in [4.69, 9.17) is 5.41 Å². The van der Waals surface area contributed by atoms with Gasteiger partial charge in [-0.3, -0.25) is 0 Å². The van der Waals surface area contributed by atoms with Crippen LogP contribution in [0.3, 0.4) is 0 Å². The van der Waals surface area contributed by atoms with Crippen molar-refractivity contribution in [2.24, 2.45) is 5.41 Å². The Kier molecular flexibility index (Phi) is 4.53. The summed E-state index contributed by atoms with van der Waals surface area (Å²) in [5.41, 5.74) is 0.927. The first-order valence-electron chi connectivity index (χ1n) is 5.71. The highest BCUT2D eigenvalue weighted by molar-refractivity contribution is 6.91. The molecule has 4 heteroatoms. The summed E-state index contributed by atoms with van der Waals surface area (Å²) in [4.78, 5) is 0. The Labute approximate surface area is 97.5 Å². The molecule has 0 aromatic carbocycles. The molecule has 2 N–H and O–H groups in total. The van der Waals surface area contributed by atoms with Crippen LogP contribution in [0, 0.1) is 10.8 Å². The van der Waals surface area contributed by atoms with Gasteiger partial charge in [0.15, 0.2) is 0 Å². The van der Waals surface area contributed by atoms with Gasteiger partial charge >= 0.3 is 0 Å². The van der Waals surface area contributed by atoms with E-state index in [9.17, 15) is 0 Å². The Morgan fingerprint density at radius 2 is 1.47 bits per heavy atom. The van der Waals surface area contributed by atoms with Gasteiger partial charge in [-0.15, -0.1) is 0 Å². The fraction of sp³-hybridized carbons (Fsp3) is 0.909. The lowest BCUT2D eigenvalue weighted by molar-refractivity contribution is 0.583. The van der Waals surface area contributed by atoms with E-state index in [-0.39, 0.29) is 5.41 Å². The maximum absolute atomic E-state index is 8.11. The van der Waals surface area contributed by atoms with Gasteiger partial charge in [-0.1, -0.05) is 53.5 Å². The van der Waals surface area contributed by atoms with Crippen molar-refractivity contribution in [2.45, 2.75) is 59.6 Å². The molecule has 0 unspecified atom stereocenters. The highest BCUT2D eigenvalue weighted by Gasteiger charge is 2.31. The van der Waals surface area contributed by atoms with E-state index in [0.29, 0.717) is 0 Å². The molecule has 0 aromatic rings. The number of nitrogens with one attached hydrogen (secondary N) is 2. The normalized spacial score (nSPS) is 14.1. The summed E-state index contributed by atoms with van der Waals surface area (Å²) >= 11 is 0. The predicted octanol–water partition coefficient (Wildman–Crippen LogP) is 3.68. The first-order valence-corrected chi connectivity index (χ1v) is 12.4. The van der Waals surface area contributed by atoms with Gasteiger partial charge in [-0.25, -0.2) is 0 Å². The van der Waals surface area contributed by atoms with Gasteiger partial charge in [-0.05, 0) is 11.5 Å². The van der Waals surface area contributed by atoms with E-state index < -0.39 is 16.5 Å². The molecule has 0 aliphatic heterocycles. The van der Waals surface area contributed by atoms with Gasteiger partial charge in [0, 0.05) is 5.71 Å². The molecule has 90 valence electrons. The zero-order valence-corrected chi connectivity index (χ0v) is 13.7. The topological polar surface area (TPSA) is 35.9 Å². The molecular weight excluding hydrogens is 216 g/mol. The van der Waals surface area contributed by atoms with Gasteiger partial charge in [0.25, 0.3) is 0 Å². The molecule has 15 heavy (non-hydrogen) atoms. The predicted molar refractivity (Wildman–Crippen MR) is 76.0 cm³/mol. The van der Waals surface area contributed by atoms with E-state index in [1.165, 1.54) is 0 Å². The SMILES string of the molecule is CC(C)(C)C(=N)C[Si](C)(C)N[Si](C)(C)C. The van der Waals surface area contributed by atoms with Crippen LogP contribution >= 0.6 is 0 Å². The lowest BCUT2D eigenvalue weighted by Crippen LogP contribution is -2.58. The van der Waals surface area contributed by atoms with E-state index in [2.05, 4.69) is 58.2 Å². The summed E-state index contributed by atoms with van der Waals surface area (Å²) in [5, 5.41) is 8.11. The van der Waals surface area contributed by atoms with Crippen molar-refractivity contribution in [1.82, 2.24) is 4.65 Å². The molecule has 0 spiro atoms. The summed E-state index contributed by atoms with van der Waals surface area (Å²) in [5.74, 6) is 0. The molecule has 0 rings (SSSR count). The van der Waals surface area contributed by atoms with Crippen LogP contribution in [0.25, 0.3) is 0 Å². The molecule has 2 nitrogen and oxygen atoms in total. The molecule has 0 amide bonds. The molecule has 0 radical (unpaired) electrons. The molecule has 0 saturated heterocycles. The molecule has 0 heterocycles. The summed E-state index contributed by atoms with van der Waals surface area (Å²) < 4.78 is 3.84. The fourth-order valence-electron chi connectivity index (χ4n) is 1.77. The van der Waals surface area contributed by atoms with Crippen molar-refractivity contribution in [3.63, 3.8) is 0 Å². The van der Waals surface area contributed by atoms with Crippen molar-refractivity contribution >= 4 is 22.2 Å². The van der Waals surface area contributed by atoms with Gasteiger partial charge in [0.2, 0.25) is 0 Å². The average molecular weight is 245 g/mol. The fourth-order valence-corrected chi connectivity index (χ4v) is 11.7. The molecular formula is C11H28N2Si2. The van der Waals surface area contributed by atoms with Crippen LogP contribution in [0.15, 0.2) is 0 Å². The summed E-state index contributed by atoms with van der Waals surface area (Å²) in [6, 6.07) is 0.973. The van der Waals surface area contributed by atoms with Crippen molar-refractivity contribution in [1.29, 1.82) is 5.41 Å². The lowest BCUT2D eigenvalue weighted by atomic mass is 9.91. The third kappa shape index (κ3) is 7.03. The van der Waals surface area contributed by atoms with Gasteiger partial charge in [0.1, 0.15) is 16.5 Å². The zero-order chi connectivity index (χ0) is 12.5. The van der Waals surface area contributed by atoms with Crippen molar-refractivity contribution < 1.29 is 0 Å². The van der Waals surface area contributed by atoms with E-state index in [0.717, 1.165) is 11.8 Å². The molecule has 0 aliphatic rings. The highest BCUT2D eigenvalue weighted by Crippen LogP contribution is 2.22. The number of hydrogen-bond acceptors (Lipinski definition) is 2. The van der Waals surface area contributed by atoms with Gasteiger partial charge < -0.3 is 10.1 Å². The van der Waals surface area contributed by atoms with Crippen LogP contribution in [-0.2, 0) is 0 Å². The molecule has 0 bridgehead atoms. The summed E-state index contributed by atoms with van der Waals surface area (Å²) in [7, 11) is -2.63. The minimum atomic E-state index is -1.42. The van der Waals surface area contributed by atoms with Crippen LogP contribution in [0.1, 0.15) is 20.8 Å². The van der Waals surface area contributed by atoms with Gasteiger partial charge in [0.05, 0.1) is 0 Å². The largest absolute Gasteiger partial charge is 0.359 e. The third-order valence-electron chi connectivity index (χ3n) is 2.24. The molecule has 0 aromatic heterocycles. The van der Waals surface area contributed by atoms with Crippen molar-refractivity contribution in [2.75, 3.05) is 0 Å². The summed E-state index contributed by atoms with van der Waals surface area (Å²) in [6.07, 6.45) is 0. The van der Waals surface area contributed by atoms with Crippen LogP contribution in [0.5, 0.6) is 0 Å². The Bertz CT molecular complexity index is 234. The Morgan fingerprint density at radius 1 is 1.07 bits per heavy atom. The van der Waals surface area contributed by atoms with Crippen LogP contribution in [0.2, 0.25) is 38.8 Å². The van der Waals surface area contributed by atoms with Crippen LogP contribution in [0.4, 0.5) is 0 Å². The molecule has 0 saturated carbocycles. The maximum atomic E-state index is 8.11. The van der Waals surface area contributed by atoms with E-state index in [1.54, 1.807) is 0 Å². The first kappa shape index (κ1) is 15.1. The van der Waals surface area contributed by atoms with Crippen LogP contribution < -0.4 is 4.65 Å². The third-order valence-corrected chi connectivity index (χ3v) is 9.18. The lowest BCUT2D eigenvalue weighted by Gasteiger charge is -2.34. The van der Waals surface area contributed by atoms with Crippen LogP contribution in [-0.4, -0.2) is 22.2 Å². The molecule has 0 fully saturated rings. The monoisotopic (exact) mass is 244 g/mol. The minimum absolute atomic E-state index is 0.0331. The Hall–Kier alpha value is 0.0638. The smallest absolute Gasteiger partial charge is 0.118 e. The molecule has 0 atom stereocenters. The van der Waals surface area contributed by atoms with E-state index >= 15 is 0 Å². The minimum Gasteiger partial charge on any atom is -0.359 e. The van der Waals surface area contributed by atoms with Gasteiger partial charge in [-0.2, -0.15) is 0 Å². The molecule has 0 aliphatic carbocycles. The Balaban J connectivity index is 4.46. The van der Waals surface area contributed by atoms with Crippen molar-refractivity contribution in [3.8, 4) is 0 Å². The second-order valence-electron chi connectivity index (χ2n) is 7.16. The second-order valence-corrected chi connectivity index (χ2v) is 16.8. The summed E-state index contributed by atoms with van der Waals surface area (Å²) in [6.45, 7) is 18.1. The number of hydrogen-bond donors (Lipinski definition) is 2. The quantitative estimate of drug-likeness (QED) is 0.574. The zero-order valence-electron chi connectivity index (χ0n) is 11.7. The standard InChI is InChI=1S/C11H28N2Si2/c1-11(2,3)10(12)9-15(7,8)13-14(4,5)6/h12-13H,9H2,1-8H3. The number of rotatable bonds is 4.